The minimum absolute atomic E-state index is 0.171. The van der Waals surface area contributed by atoms with Crippen LogP contribution in [0.1, 0.15) is 25.0 Å². The lowest BCUT2D eigenvalue weighted by molar-refractivity contribution is -0.144. The third-order valence-corrected chi connectivity index (χ3v) is 2.59. The molecule has 0 aromatic heterocycles. The van der Waals surface area contributed by atoms with E-state index in [4.69, 9.17) is 4.74 Å². The molecule has 0 radical (unpaired) electrons. The van der Waals surface area contributed by atoms with Gasteiger partial charge < -0.3 is 9.47 Å². The first-order valence-corrected chi connectivity index (χ1v) is 6.32. The fraction of sp³-hybridized carbons (Fsp3) is 0.467. The fourth-order valence-corrected chi connectivity index (χ4v) is 1.60. The zero-order valence-corrected chi connectivity index (χ0v) is 11.6. The predicted octanol–water partition coefficient (Wildman–Crippen LogP) is 2.14. The maximum atomic E-state index is 11.7. The molecule has 104 valence electrons. The molecule has 0 N–H and O–H groups in total. The van der Waals surface area contributed by atoms with Crippen LogP contribution in [-0.4, -0.2) is 25.7 Å². The van der Waals surface area contributed by atoms with Crippen molar-refractivity contribution in [2.75, 3.05) is 13.7 Å². The van der Waals surface area contributed by atoms with Gasteiger partial charge in [-0.05, 0) is 17.0 Å². The quantitative estimate of drug-likeness (QED) is 0.739. The second kappa shape index (κ2) is 7.56. The van der Waals surface area contributed by atoms with Gasteiger partial charge >= 0.3 is 11.9 Å². The first-order valence-electron chi connectivity index (χ1n) is 6.32. The van der Waals surface area contributed by atoms with Crippen LogP contribution in [0.5, 0.6) is 0 Å². The van der Waals surface area contributed by atoms with Gasteiger partial charge in [-0.3, -0.25) is 9.59 Å². The van der Waals surface area contributed by atoms with E-state index in [9.17, 15) is 9.59 Å². The van der Waals surface area contributed by atoms with Crippen LogP contribution in [0, 0.1) is 5.92 Å². The van der Waals surface area contributed by atoms with Crippen molar-refractivity contribution in [3.63, 3.8) is 0 Å². The zero-order valence-electron chi connectivity index (χ0n) is 11.6. The summed E-state index contributed by atoms with van der Waals surface area (Å²) < 4.78 is 9.78. The number of carbonyl (C=O) groups is 2. The highest BCUT2D eigenvalue weighted by Crippen LogP contribution is 2.12. The molecule has 1 rings (SSSR count). The van der Waals surface area contributed by atoms with Crippen LogP contribution in [0.25, 0.3) is 0 Å². The summed E-state index contributed by atoms with van der Waals surface area (Å²) in [5, 5.41) is 0. The van der Waals surface area contributed by atoms with Gasteiger partial charge in [-0.25, -0.2) is 0 Å². The minimum atomic E-state index is -0.317. The molecule has 0 aliphatic carbocycles. The molecule has 0 aliphatic heterocycles. The molecule has 0 amide bonds. The highest BCUT2D eigenvalue weighted by Gasteiger charge is 2.12. The molecule has 1 aromatic rings. The summed E-state index contributed by atoms with van der Waals surface area (Å²) in [4.78, 5) is 23.0. The van der Waals surface area contributed by atoms with Gasteiger partial charge in [0.2, 0.25) is 0 Å². The molecule has 0 atom stereocenters. The Morgan fingerprint density at radius 3 is 2.05 bits per heavy atom. The van der Waals surface area contributed by atoms with Crippen LogP contribution < -0.4 is 0 Å². The summed E-state index contributed by atoms with van der Waals surface area (Å²) in [5.41, 5.74) is 1.61. The van der Waals surface area contributed by atoms with Gasteiger partial charge in [0.25, 0.3) is 0 Å². The maximum absolute atomic E-state index is 11.7. The Morgan fingerprint density at radius 2 is 1.58 bits per heavy atom. The molecule has 0 spiro atoms. The van der Waals surface area contributed by atoms with E-state index in [-0.39, 0.29) is 24.8 Å². The Labute approximate surface area is 113 Å². The topological polar surface area (TPSA) is 52.6 Å². The van der Waals surface area contributed by atoms with Crippen molar-refractivity contribution < 1.29 is 19.1 Å². The predicted molar refractivity (Wildman–Crippen MR) is 71.7 cm³/mol. The number of benzene rings is 1. The van der Waals surface area contributed by atoms with Gasteiger partial charge in [0.05, 0.1) is 26.6 Å². The van der Waals surface area contributed by atoms with Crippen molar-refractivity contribution in [2.45, 2.75) is 26.7 Å². The van der Waals surface area contributed by atoms with Gasteiger partial charge in [-0.1, -0.05) is 38.1 Å². The molecule has 0 saturated carbocycles. The summed E-state index contributed by atoms with van der Waals surface area (Å²) in [7, 11) is 1.35. The monoisotopic (exact) mass is 264 g/mol. The van der Waals surface area contributed by atoms with Crippen molar-refractivity contribution in [3.8, 4) is 0 Å². The SMILES string of the molecule is COC(=O)Cc1ccccc1CC(=O)OCC(C)C. The number of rotatable bonds is 6. The van der Waals surface area contributed by atoms with E-state index in [1.165, 1.54) is 7.11 Å². The Kier molecular flexibility index (Phi) is 6.06. The molecule has 0 bridgehead atoms. The van der Waals surface area contributed by atoms with E-state index in [2.05, 4.69) is 4.74 Å². The second-order valence-electron chi connectivity index (χ2n) is 4.78. The first kappa shape index (κ1) is 15.2. The summed E-state index contributed by atoms with van der Waals surface area (Å²) >= 11 is 0. The van der Waals surface area contributed by atoms with Crippen molar-refractivity contribution in [2.24, 2.45) is 5.92 Å². The molecule has 19 heavy (non-hydrogen) atoms. The smallest absolute Gasteiger partial charge is 0.310 e. The Balaban J connectivity index is 2.67. The van der Waals surface area contributed by atoms with Gasteiger partial charge in [0, 0.05) is 0 Å². The van der Waals surface area contributed by atoms with Gasteiger partial charge in [0.15, 0.2) is 0 Å². The van der Waals surface area contributed by atoms with Crippen LogP contribution in [0.3, 0.4) is 0 Å². The lowest BCUT2D eigenvalue weighted by Crippen LogP contribution is -2.14. The van der Waals surface area contributed by atoms with Gasteiger partial charge in [0.1, 0.15) is 0 Å². The third-order valence-electron chi connectivity index (χ3n) is 2.59. The summed E-state index contributed by atoms with van der Waals surface area (Å²) in [6.45, 7) is 4.38. The van der Waals surface area contributed by atoms with Crippen molar-refractivity contribution in [1.29, 1.82) is 0 Å². The summed E-state index contributed by atoms with van der Waals surface area (Å²) in [5.74, 6) is -0.275. The molecule has 0 saturated heterocycles. The first-order chi connectivity index (χ1) is 9.02. The number of carbonyl (C=O) groups excluding carboxylic acids is 2. The van der Waals surface area contributed by atoms with E-state index in [1.807, 2.05) is 38.1 Å². The Morgan fingerprint density at radius 1 is 1.05 bits per heavy atom. The Bertz CT molecular complexity index is 438. The molecular formula is C15H20O4. The van der Waals surface area contributed by atoms with Gasteiger partial charge in [-0.2, -0.15) is 0 Å². The van der Waals surface area contributed by atoms with Crippen LogP contribution in [0.15, 0.2) is 24.3 Å². The van der Waals surface area contributed by atoms with Crippen LogP contribution in [0.2, 0.25) is 0 Å². The average Bonchev–Trinajstić information content (AvgIpc) is 2.38. The van der Waals surface area contributed by atoms with Crippen molar-refractivity contribution in [1.82, 2.24) is 0 Å². The average molecular weight is 264 g/mol. The third kappa shape index (κ3) is 5.55. The van der Waals surface area contributed by atoms with Crippen molar-refractivity contribution in [3.05, 3.63) is 35.4 Å². The second-order valence-corrected chi connectivity index (χ2v) is 4.78. The largest absolute Gasteiger partial charge is 0.469 e. The standard InChI is InChI=1S/C15H20O4/c1-11(2)10-19-15(17)9-13-7-5-4-6-12(13)8-14(16)18-3/h4-7,11H,8-10H2,1-3H3. The maximum Gasteiger partial charge on any atom is 0.310 e. The van der Waals surface area contributed by atoms with E-state index in [0.29, 0.717) is 12.5 Å². The fourth-order valence-electron chi connectivity index (χ4n) is 1.60. The lowest BCUT2D eigenvalue weighted by Gasteiger charge is -2.10. The number of ether oxygens (including phenoxy) is 2. The molecule has 1 aromatic carbocycles. The molecule has 4 heteroatoms. The number of hydrogen-bond donors (Lipinski definition) is 0. The number of methoxy groups -OCH3 is 1. The van der Waals surface area contributed by atoms with E-state index in [1.54, 1.807) is 0 Å². The molecule has 0 fully saturated rings. The molecule has 0 aliphatic rings. The van der Waals surface area contributed by atoms with Crippen molar-refractivity contribution >= 4 is 11.9 Å². The van der Waals surface area contributed by atoms with Crippen LogP contribution in [-0.2, 0) is 31.9 Å². The molecule has 4 nitrogen and oxygen atoms in total. The minimum Gasteiger partial charge on any atom is -0.469 e. The summed E-state index contributed by atoms with van der Waals surface area (Å²) in [6, 6.07) is 7.32. The van der Waals surface area contributed by atoms with Crippen LogP contribution >= 0.6 is 0 Å². The molecular weight excluding hydrogens is 244 g/mol. The highest BCUT2D eigenvalue weighted by molar-refractivity contribution is 5.76. The van der Waals surface area contributed by atoms with Gasteiger partial charge in [-0.15, -0.1) is 0 Å². The lowest BCUT2D eigenvalue weighted by atomic mass is 10.0. The molecule has 0 unspecified atom stereocenters. The van der Waals surface area contributed by atoms with E-state index < -0.39 is 0 Å². The Hall–Kier alpha value is -1.84. The molecule has 0 heterocycles. The van der Waals surface area contributed by atoms with Crippen LogP contribution in [0.4, 0.5) is 0 Å². The number of esters is 2. The summed E-state index contributed by atoms with van der Waals surface area (Å²) in [6.07, 6.45) is 0.351. The van der Waals surface area contributed by atoms with E-state index in [0.717, 1.165) is 11.1 Å². The normalized spacial score (nSPS) is 10.3. The number of hydrogen-bond acceptors (Lipinski definition) is 4. The highest BCUT2D eigenvalue weighted by atomic mass is 16.5. The zero-order chi connectivity index (χ0) is 14.3. The van der Waals surface area contributed by atoms with E-state index >= 15 is 0 Å².